The highest BCUT2D eigenvalue weighted by Gasteiger charge is 2.15. The fourth-order valence-corrected chi connectivity index (χ4v) is 2.94. The lowest BCUT2D eigenvalue weighted by Crippen LogP contribution is -2.24. The van der Waals surface area contributed by atoms with E-state index in [1.54, 1.807) is 0 Å². The Balaban J connectivity index is 1.76. The number of aromatic nitrogens is 2. The average Bonchev–Trinajstić information content (AvgIpc) is 2.95. The third kappa shape index (κ3) is 3.19. The highest BCUT2D eigenvalue weighted by atomic mass is 16.5. The Morgan fingerprint density at radius 3 is 2.73 bits per heavy atom. The zero-order valence-electron chi connectivity index (χ0n) is 12.1. The molecule has 1 aliphatic rings. The minimum Gasteiger partial charge on any atom is -0.405 e. The van der Waals surface area contributed by atoms with Gasteiger partial charge in [0.1, 0.15) is 5.39 Å². The summed E-state index contributed by atoms with van der Waals surface area (Å²) < 4.78 is 10.7. The van der Waals surface area contributed by atoms with E-state index in [4.69, 9.17) is 9.15 Å². The second-order valence-electron chi connectivity index (χ2n) is 5.58. The molecular weight excluding hydrogens is 288 g/mol. The number of rotatable bonds is 5. The van der Waals surface area contributed by atoms with E-state index in [1.807, 2.05) is 0 Å². The monoisotopic (exact) mass is 306 g/mol. The number of ether oxygens (including phenoxy) is 1. The van der Waals surface area contributed by atoms with Crippen LogP contribution in [0.2, 0.25) is 0 Å². The van der Waals surface area contributed by atoms with Gasteiger partial charge in [0.25, 0.3) is 5.56 Å². The summed E-state index contributed by atoms with van der Waals surface area (Å²) in [6, 6.07) is 1.30. The first-order valence-electron chi connectivity index (χ1n) is 7.54. The van der Waals surface area contributed by atoms with E-state index in [9.17, 15) is 14.4 Å². The standard InChI is InChI=1S/C15H18N2O5/c18-11-8-9(4-3-7-21-10-5-1-2-6-10)12-13(19)16-15(20)17-14(12)22-11/h8,10H,1-7H2,(H2,16,17,19,20). The van der Waals surface area contributed by atoms with Crippen LogP contribution in [0.15, 0.2) is 24.9 Å². The van der Waals surface area contributed by atoms with Crippen molar-refractivity contribution in [1.29, 1.82) is 0 Å². The van der Waals surface area contributed by atoms with Gasteiger partial charge in [-0.3, -0.25) is 14.8 Å². The number of hydrogen-bond acceptors (Lipinski definition) is 5. The molecule has 2 N–H and O–H groups in total. The van der Waals surface area contributed by atoms with Crippen molar-refractivity contribution in [3.63, 3.8) is 0 Å². The van der Waals surface area contributed by atoms with Gasteiger partial charge in [0.05, 0.1) is 6.10 Å². The van der Waals surface area contributed by atoms with Crippen molar-refractivity contribution < 1.29 is 9.15 Å². The quantitative estimate of drug-likeness (QED) is 0.804. The molecule has 0 amide bonds. The Morgan fingerprint density at radius 2 is 1.95 bits per heavy atom. The van der Waals surface area contributed by atoms with Crippen LogP contribution in [0.1, 0.15) is 37.7 Å². The minimum absolute atomic E-state index is 0.0760. The van der Waals surface area contributed by atoms with Gasteiger partial charge in [0, 0.05) is 12.7 Å². The van der Waals surface area contributed by atoms with Crippen molar-refractivity contribution in [2.75, 3.05) is 6.61 Å². The van der Waals surface area contributed by atoms with Gasteiger partial charge in [0.2, 0.25) is 5.71 Å². The molecule has 118 valence electrons. The second kappa shape index (κ2) is 6.31. The van der Waals surface area contributed by atoms with Crippen LogP contribution >= 0.6 is 0 Å². The first-order chi connectivity index (χ1) is 10.6. The van der Waals surface area contributed by atoms with Gasteiger partial charge in [0.15, 0.2) is 0 Å². The fourth-order valence-electron chi connectivity index (χ4n) is 2.94. The highest BCUT2D eigenvalue weighted by molar-refractivity contribution is 5.75. The first kappa shape index (κ1) is 14.8. The summed E-state index contributed by atoms with van der Waals surface area (Å²) in [7, 11) is 0. The highest BCUT2D eigenvalue weighted by Crippen LogP contribution is 2.21. The normalized spacial score (nSPS) is 15.6. The molecule has 7 heteroatoms. The summed E-state index contributed by atoms with van der Waals surface area (Å²) in [5.74, 6) is 0. The summed E-state index contributed by atoms with van der Waals surface area (Å²) >= 11 is 0. The lowest BCUT2D eigenvalue weighted by molar-refractivity contribution is 0.0569. The maximum absolute atomic E-state index is 11.9. The zero-order chi connectivity index (χ0) is 15.5. The Kier molecular flexibility index (Phi) is 4.24. The third-order valence-electron chi connectivity index (χ3n) is 3.97. The molecule has 0 radical (unpaired) electrons. The SMILES string of the molecule is O=c1[nH]c(=O)c2c(CCCOC3CCCC3)cc(=O)oc2[nH]1. The van der Waals surface area contributed by atoms with Gasteiger partial charge < -0.3 is 9.15 Å². The number of aryl methyl sites for hydroxylation is 1. The van der Waals surface area contributed by atoms with Gasteiger partial charge in [-0.25, -0.2) is 9.59 Å². The summed E-state index contributed by atoms with van der Waals surface area (Å²) in [5, 5.41) is 0.222. The summed E-state index contributed by atoms with van der Waals surface area (Å²) in [6.45, 7) is 0.591. The number of hydrogen-bond donors (Lipinski definition) is 2. The van der Waals surface area contributed by atoms with E-state index >= 15 is 0 Å². The predicted octanol–water partition coefficient (Wildman–Crippen LogP) is 1.06. The van der Waals surface area contributed by atoms with Gasteiger partial charge in [-0.1, -0.05) is 12.8 Å². The van der Waals surface area contributed by atoms with E-state index in [0.29, 0.717) is 31.1 Å². The Bertz CT molecular complexity index is 821. The molecule has 2 heterocycles. The van der Waals surface area contributed by atoms with E-state index in [0.717, 1.165) is 12.8 Å². The van der Waals surface area contributed by atoms with Crippen molar-refractivity contribution in [3.8, 4) is 0 Å². The molecule has 0 unspecified atom stereocenters. The number of aromatic amines is 2. The van der Waals surface area contributed by atoms with E-state index in [-0.39, 0.29) is 11.1 Å². The minimum atomic E-state index is -0.692. The van der Waals surface area contributed by atoms with E-state index in [1.165, 1.54) is 18.9 Å². The average molecular weight is 306 g/mol. The molecule has 0 aromatic carbocycles. The van der Waals surface area contributed by atoms with Gasteiger partial charge in [-0.05, 0) is 31.2 Å². The molecule has 2 aromatic rings. The number of nitrogens with one attached hydrogen (secondary N) is 2. The lowest BCUT2D eigenvalue weighted by atomic mass is 10.1. The molecule has 0 spiro atoms. The molecule has 1 aliphatic carbocycles. The zero-order valence-corrected chi connectivity index (χ0v) is 12.1. The molecule has 0 saturated heterocycles. The lowest BCUT2D eigenvalue weighted by Gasteiger charge is -2.10. The van der Waals surface area contributed by atoms with Crippen LogP contribution in [-0.4, -0.2) is 22.7 Å². The number of H-pyrrole nitrogens is 2. The van der Waals surface area contributed by atoms with Crippen molar-refractivity contribution in [2.24, 2.45) is 0 Å². The molecule has 7 nitrogen and oxygen atoms in total. The molecule has 3 rings (SSSR count). The van der Waals surface area contributed by atoms with Gasteiger partial charge >= 0.3 is 11.3 Å². The molecular formula is C15H18N2O5. The van der Waals surface area contributed by atoms with Crippen LogP contribution in [0.5, 0.6) is 0 Å². The van der Waals surface area contributed by atoms with Crippen molar-refractivity contribution >= 4 is 11.1 Å². The van der Waals surface area contributed by atoms with Crippen LogP contribution in [-0.2, 0) is 11.2 Å². The Labute approximate surface area is 125 Å². The third-order valence-corrected chi connectivity index (χ3v) is 3.97. The van der Waals surface area contributed by atoms with Crippen LogP contribution in [0.25, 0.3) is 11.1 Å². The van der Waals surface area contributed by atoms with E-state index < -0.39 is 16.9 Å². The van der Waals surface area contributed by atoms with Crippen molar-refractivity contribution in [1.82, 2.24) is 9.97 Å². The summed E-state index contributed by atoms with van der Waals surface area (Å²) in [6.07, 6.45) is 6.22. The molecule has 1 fully saturated rings. The van der Waals surface area contributed by atoms with Gasteiger partial charge in [-0.2, -0.15) is 0 Å². The molecule has 0 atom stereocenters. The molecule has 0 aliphatic heterocycles. The van der Waals surface area contributed by atoms with Gasteiger partial charge in [-0.15, -0.1) is 0 Å². The summed E-state index contributed by atoms with van der Waals surface area (Å²) in [5.41, 5.74) is -1.33. The van der Waals surface area contributed by atoms with Crippen LogP contribution in [0.4, 0.5) is 0 Å². The Morgan fingerprint density at radius 1 is 1.18 bits per heavy atom. The van der Waals surface area contributed by atoms with E-state index in [2.05, 4.69) is 9.97 Å². The maximum Gasteiger partial charge on any atom is 0.337 e. The molecule has 1 saturated carbocycles. The topological polar surface area (TPSA) is 105 Å². The smallest absolute Gasteiger partial charge is 0.337 e. The molecule has 2 aromatic heterocycles. The van der Waals surface area contributed by atoms with Crippen LogP contribution in [0, 0.1) is 0 Å². The van der Waals surface area contributed by atoms with Crippen LogP contribution in [0.3, 0.4) is 0 Å². The van der Waals surface area contributed by atoms with Crippen LogP contribution < -0.4 is 16.9 Å². The fraction of sp³-hybridized carbons (Fsp3) is 0.533. The predicted molar refractivity (Wildman–Crippen MR) is 80.3 cm³/mol. The Hall–Kier alpha value is -2.15. The molecule has 22 heavy (non-hydrogen) atoms. The maximum atomic E-state index is 11.9. The van der Waals surface area contributed by atoms with Crippen molar-refractivity contribution in [2.45, 2.75) is 44.6 Å². The first-order valence-corrected chi connectivity index (χ1v) is 7.54. The summed E-state index contributed by atoms with van der Waals surface area (Å²) in [4.78, 5) is 39.2. The largest absolute Gasteiger partial charge is 0.405 e. The van der Waals surface area contributed by atoms with Crippen molar-refractivity contribution in [3.05, 3.63) is 42.9 Å². The number of fused-ring (bicyclic) bond motifs is 1. The second-order valence-corrected chi connectivity index (χ2v) is 5.58. The molecule has 0 bridgehead atoms.